The molecule has 0 aromatic heterocycles. The average Bonchev–Trinajstić information content (AvgIpc) is 3.23. The van der Waals surface area contributed by atoms with Crippen LogP contribution in [0.25, 0.3) is 0 Å². The van der Waals surface area contributed by atoms with Crippen LogP contribution in [0.1, 0.15) is 29.0 Å². The first-order valence-electron chi connectivity index (χ1n) is 8.61. The molecular formula is C20H18BrN3O2. The van der Waals surface area contributed by atoms with Crippen LogP contribution in [0.2, 0.25) is 0 Å². The molecule has 0 saturated carbocycles. The first-order valence-corrected chi connectivity index (χ1v) is 9.40. The molecule has 0 radical (unpaired) electrons. The fourth-order valence-electron chi connectivity index (χ4n) is 3.66. The van der Waals surface area contributed by atoms with Crippen LogP contribution in [0.5, 0.6) is 0 Å². The van der Waals surface area contributed by atoms with Crippen molar-refractivity contribution in [3.63, 3.8) is 0 Å². The predicted molar refractivity (Wildman–Crippen MR) is 103 cm³/mol. The first kappa shape index (κ1) is 17.0. The molecule has 2 N–H and O–H groups in total. The molecule has 1 saturated heterocycles. The maximum atomic E-state index is 12.7. The molecule has 5 nitrogen and oxygen atoms in total. The van der Waals surface area contributed by atoms with Crippen LogP contribution < -0.4 is 10.7 Å². The number of nitrogens with zero attached hydrogens (tertiary/aromatic N) is 1. The minimum Gasteiger partial charge on any atom is -0.355 e. The number of hydrogen-bond acceptors (Lipinski definition) is 3. The Morgan fingerprint density at radius 2 is 1.96 bits per heavy atom. The van der Waals surface area contributed by atoms with Crippen molar-refractivity contribution in [2.75, 3.05) is 6.54 Å². The van der Waals surface area contributed by atoms with Gasteiger partial charge in [0.1, 0.15) is 5.92 Å². The number of fused-ring (bicyclic) bond motifs is 1. The van der Waals surface area contributed by atoms with Crippen LogP contribution in [0.3, 0.4) is 0 Å². The van der Waals surface area contributed by atoms with Gasteiger partial charge in [0.15, 0.2) is 0 Å². The minimum absolute atomic E-state index is 0.172. The van der Waals surface area contributed by atoms with Gasteiger partial charge >= 0.3 is 0 Å². The normalized spacial score (nSPS) is 23.0. The molecule has 1 aliphatic carbocycles. The van der Waals surface area contributed by atoms with E-state index < -0.39 is 5.92 Å². The summed E-state index contributed by atoms with van der Waals surface area (Å²) < 4.78 is 0.983. The van der Waals surface area contributed by atoms with Gasteiger partial charge in [0.2, 0.25) is 5.91 Å². The first-order chi connectivity index (χ1) is 12.6. The molecule has 2 amide bonds. The second-order valence-corrected chi connectivity index (χ2v) is 7.49. The van der Waals surface area contributed by atoms with E-state index in [1.54, 1.807) is 0 Å². The summed E-state index contributed by atoms with van der Waals surface area (Å²) in [5.74, 6) is -1.53. The summed E-state index contributed by atoms with van der Waals surface area (Å²) in [6, 6.07) is 15.7. The molecule has 2 aromatic rings. The number of halogens is 1. The highest BCUT2D eigenvalue weighted by Gasteiger charge is 2.41. The van der Waals surface area contributed by atoms with E-state index >= 15 is 0 Å². The third kappa shape index (κ3) is 3.17. The minimum atomic E-state index is -0.759. The van der Waals surface area contributed by atoms with Crippen molar-refractivity contribution < 1.29 is 9.59 Å². The van der Waals surface area contributed by atoms with Crippen molar-refractivity contribution in [1.29, 1.82) is 0 Å². The molecule has 0 bridgehead atoms. The van der Waals surface area contributed by atoms with Gasteiger partial charge in [-0.05, 0) is 36.1 Å². The predicted octanol–water partition coefficient (Wildman–Crippen LogP) is 2.75. The smallest absolute Gasteiger partial charge is 0.253 e. The summed E-state index contributed by atoms with van der Waals surface area (Å²) in [7, 11) is 0. The fraction of sp³-hybridized carbons (Fsp3) is 0.250. The second kappa shape index (κ2) is 7.03. The highest BCUT2D eigenvalue weighted by atomic mass is 79.9. The average molecular weight is 412 g/mol. The summed E-state index contributed by atoms with van der Waals surface area (Å²) in [4.78, 5) is 24.9. The Labute approximate surface area is 160 Å². The van der Waals surface area contributed by atoms with Gasteiger partial charge in [0.05, 0.1) is 5.71 Å². The van der Waals surface area contributed by atoms with Gasteiger partial charge in [-0.2, -0.15) is 5.10 Å². The van der Waals surface area contributed by atoms with Crippen molar-refractivity contribution in [2.24, 2.45) is 11.0 Å². The molecule has 1 aliphatic heterocycles. The third-order valence-electron chi connectivity index (χ3n) is 5.01. The van der Waals surface area contributed by atoms with E-state index in [1.807, 2.05) is 42.5 Å². The Morgan fingerprint density at radius 1 is 1.15 bits per heavy atom. The molecule has 132 valence electrons. The topological polar surface area (TPSA) is 70.6 Å². The maximum Gasteiger partial charge on any atom is 0.253 e. The number of nitrogens with one attached hydrogen (secondary N) is 2. The second-order valence-electron chi connectivity index (χ2n) is 6.58. The highest BCUT2D eigenvalue weighted by molar-refractivity contribution is 9.10. The molecular weight excluding hydrogens is 394 g/mol. The van der Waals surface area contributed by atoms with Gasteiger partial charge < -0.3 is 5.32 Å². The van der Waals surface area contributed by atoms with E-state index in [2.05, 4.69) is 37.8 Å². The zero-order chi connectivity index (χ0) is 18.1. The molecule has 4 rings (SSSR count). The summed E-state index contributed by atoms with van der Waals surface area (Å²) in [5, 5.41) is 7.12. The van der Waals surface area contributed by atoms with Crippen LogP contribution in [0, 0.1) is 5.92 Å². The van der Waals surface area contributed by atoms with Crippen LogP contribution in [-0.4, -0.2) is 24.1 Å². The van der Waals surface area contributed by atoms with Crippen LogP contribution in [0.15, 0.2) is 58.1 Å². The van der Waals surface area contributed by atoms with Gasteiger partial charge in [-0.3, -0.25) is 9.59 Å². The number of carbonyl (C=O) groups is 2. The molecule has 2 atom stereocenters. The number of carbonyl (C=O) groups excluding carboxylic acids is 2. The van der Waals surface area contributed by atoms with Gasteiger partial charge in [0.25, 0.3) is 5.91 Å². The largest absolute Gasteiger partial charge is 0.355 e. The standard InChI is InChI=1S/C20H18BrN3O2/c21-14-8-6-13-7-9-17(15(13)10-14)23-24-20(26)18-16(11-22-19(18)25)12-4-2-1-3-5-12/h1-6,8,10,16,18H,7,9,11H2,(H,22,25)(H,24,26)/b23-17+. The van der Waals surface area contributed by atoms with Gasteiger partial charge in [-0.15, -0.1) is 0 Å². The highest BCUT2D eigenvalue weighted by Crippen LogP contribution is 2.29. The summed E-state index contributed by atoms with van der Waals surface area (Å²) in [6.45, 7) is 0.466. The van der Waals surface area contributed by atoms with E-state index in [-0.39, 0.29) is 17.7 Å². The van der Waals surface area contributed by atoms with E-state index in [0.717, 1.165) is 34.2 Å². The fourth-order valence-corrected chi connectivity index (χ4v) is 4.03. The lowest BCUT2D eigenvalue weighted by Crippen LogP contribution is -2.35. The van der Waals surface area contributed by atoms with Gasteiger partial charge in [-0.1, -0.05) is 52.3 Å². The lowest BCUT2D eigenvalue weighted by molar-refractivity contribution is -0.133. The molecule has 2 unspecified atom stereocenters. The lowest BCUT2D eigenvalue weighted by Gasteiger charge is -2.15. The maximum absolute atomic E-state index is 12.7. The Kier molecular flexibility index (Phi) is 4.59. The molecule has 1 heterocycles. The van der Waals surface area contributed by atoms with Crippen molar-refractivity contribution in [3.05, 3.63) is 69.7 Å². The SMILES string of the molecule is O=C1NCC(c2ccccc2)C1C(=O)N/N=C1\CCc2ccc(Br)cc21. The van der Waals surface area contributed by atoms with Gasteiger partial charge in [0, 0.05) is 22.5 Å². The van der Waals surface area contributed by atoms with Crippen molar-refractivity contribution in [2.45, 2.75) is 18.8 Å². The van der Waals surface area contributed by atoms with Crippen molar-refractivity contribution in [3.8, 4) is 0 Å². The molecule has 2 aliphatic rings. The Morgan fingerprint density at radius 3 is 2.77 bits per heavy atom. The summed E-state index contributed by atoms with van der Waals surface area (Å²) >= 11 is 3.47. The summed E-state index contributed by atoms with van der Waals surface area (Å²) in [5.41, 5.74) is 6.74. The number of aryl methyl sites for hydroxylation is 1. The molecule has 2 aromatic carbocycles. The van der Waals surface area contributed by atoms with Gasteiger partial charge in [-0.25, -0.2) is 5.43 Å². The van der Waals surface area contributed by atoms with E-state index in [4.69, 9.17) is 0 Å². The lowest BCUT2D eigenvalue weighted by atomic mass is 9.88. The third-order valence-corrected chi connectivity index (χ3v) is 5.50. The number of hydrazone groups is 1. The van der Waals surface area contributed by atoms with E-state index in [9.17, 15) is 9.59 Å². The van der Waals surface area contributed by atoms with E-state index in [0.29, 0.717) is 6.54 Å². The van der Waals surface area contributed by atoms with Crippen LogP contribution >= 0.6 is 15.9 Å². The molecule has 26 heavy (non-hydrogen) atoms. The monoisotopic (exact) mass is 411 g/mol. The number of amides is 2. The number of rotatable bonds is 3. The zero-order valence-electron chi connectivity index (χ0n) is 14.0. The Bertz CT molecular complexity index is 895. The van der Waals surface area contributed by atoms with E-state index in [1.165, 1.54) is 5.56 Å². The quantitative estimate of drug-likeness (QED) is 0.601. The summed E-state index contributed by atoms with van der Waals surface area (Å²) in [6.07, 6.45) is 1.69. The Balaban J connectivity index is 1.53. The number of benzene rings is 2. The zero-order valence-corrected chi connectivity index (χ0v) is 15.6. The van der Waals surface area contributed by atoms with Crippen LogP contribution in [0.4, 0.5) is 0 Å². The molecule has 0 spiro atoms. The van der Waals surface area contributed by atoms with Crippen molar-refractivity contribution in [1.82, 2.24) is 10.7 Å². The van der Waals surface area contributed by atoms with Crippen LogP contribution in [-0.2, 0) is 16.0 Å². The van der Waals surface area contributed by atoms with Crippen molar-refractivity contribution >= 4 is 33.5 Å². The molecule has 1 fully saturated rings. The molecule has 6 heteroatoms. The Hall–Kier alpha value is -2.47. The number of hydrogen-bond donors (Lipinski definition) is 2.